The van der Waals surface area contributed by atoms with Crippen LogP contribution in [0.4, 0.5) is 0 Å². The first-order valence-electron chi connectivity index (χ1n) is 4.17. The molecule has 0 aliphatic carbocycles. The van der Waals surface area contributed by atoms with E-state index in [9.17, 15) is 4.79 Å². The number of esters is 1. The summed E-state index contributed by atoms with van der Waals surface area (Å²) in [6.45, 7) is 0. The van der Waals surface area contributed by atoms with Crippen molar-refractivity contribution in [3.8, 4) is 5.75 Å². The Morgan fingerprint density at radius 3 is 2.53 bits per heavy atom. The summed E-state index contributed by atoms with van der Waals surface area (Å²) in [4.78, 5) is 11.1. The van der Waals surface area contributed by atoms with Crippen molar-refractivity contribution in [3.63, 3.8) is 0 Å². The largest absolute Gasteiger partial charge is 0.495 e. The van der Waals surface area contributed by atoms with Crippen molar-refractivity contribution in [2.45, 2.75) is 6.42 Å². The molecule has 0 heterocycles. The molecule has 15 heavy (non-hydrogen) atoms. The molecule has 0 radical (unpaired) electrons. The van der Waals surface area contributed by atoms with Gasteiger partial charge in [-0.1, -0.05) is 23.2 Å². The molecule has 1 aromatic rings. The fourth-order valence-corrected chi connectivity index (χ4v) is 1.69. The first-order chi connectivity index (χ1) is 7.10. The van der Waals surface area contributed by atoms with Gasteiger partial charge < -0.3 is 9.47 Å². The summed E-state index contributed by atoms with van der Waals surface area (Å²) in [7, 11) is 2.81. The van der Waals surface area contributed by atoms with E-state index in [0.717, 1.165) is 0 Å². The molecule has 1 aromatic carbocycles. The van der Waals surface area contributed by atoms with Crippen LogP contribution >= 0.6 is 23.2 Å². The minimum absolute atomic E-state index is 0.0331. The van der Waals surface area contributed by atoms with Gasteiger partial charge in [-0.05, 0) is 12.1 Å². The van der Waals surface area contributed by atoms with Crippen LogP contribution in [0.15, 0.2) is 12.1 Å². The zero-order chi connectivity index (χ0) is 11.4. The van der Waals surface area contributed by atoms with E-state index >= 15 is 0 Å². The van der Waals surface area contributed by atoms with Crippen LogP contribution in [0.5, 0.6) is 5.75 Å². The van der Waals surface area contributed by atoms with Crippen LogP contribution in [0.3, 0.4) is 0 Å². The predicted molar refractivity (Wildman–Crippen MR) is 58.7 cm³/mol. The fraction of sp³-hybridized carbons (Fsp3) is 0.300. The highest BCUT2D eigenvalue weighted by Gasteiger charge is 2.14. The molecule has 5 heteroatoms. The second-order valence-electron chi connectivity index (χ2n) is 2.80. The van der Waals surface area contributed by atoms with Gasteiger partial charge in [-0.2, -0.15) is 0 Å². The zero-order valence-corrected chi connectivity index (χ0v) is 9.85. The summed E-state index contributed by atoms with van der Waals surface area (Å²) in [5.74, 6) is 0.0898. The number of carbonyl (C=O) groups is 1. The van der Waals surface area contributed by atoms with Crippen molar-refractivity contribution < 1.29 is 14.3 Å². The molecule has 0 aliphatic rings. The summed E-state index contributed by atoms with van der Waals surface area (Å²) in [6.07, 6.45) is 0.0331. The molecule has 0 saturated carbocycles. The van der Waals surface area contributed by atoms with Gasteiger partial charge in [-0.25, -0.2) is 0 Å². The van der Waals surface area contributed by atoms with Crippen molar-refractivity contribution in [1.29, 1.82) is 0 Å². The number of ether oxygens (including phenoxy) is 2. The molecule has 0 unspecified atom stereocenters. The second-order valence-corrected chi connectivity index (χ2v) is 3.58. The Balaban J connectivity index is 3.09. The molecular weight excluding hydrogens is 239 g/mol. The Labute approximate surface area is 97.9 Å². The van der Waals surface area contributed by atoms with Gasteiger partial charge in [0.1, 0.15) is 5.75 Å². The summed E-state index contributed by atoms with van der Waals surface area (Å²) in [5, 5.41) is 0.765. The van der Waals surface area contributed by atoms with E-state index in [4.69, 9.17) is 27.9 Å². The van der Waals surface area contributed by atoms with Gasteiger partial charge >= 0.3 is 5.97 Å². The number of methoxy groups -OCH3 is 2. The highest BCUT2D eigenvalue weighted by molar-refractivity contribution is 6.37. The second kappa shape index (κ2) is 5.24. The van der Waals surface area contributed by atoms with E-state index in [0.29, 0.717) is 21.4 Å². The molecule has 0 spiro atoms. The maximum Gasteiger partial charge on any atom is 0.310 e. The van der Waals surface area contributed by atoms with Crippen molar-refractivity contribution >= 4 is 29.2 Å². The fourth-order valence-electron chi connectivity index (χ4n) is 1.11. The van der Waals surface area contributed by atoms with Crippen LogP contribution in [-0.2, 0) is 16.0 Å². The van der Waals surface area contributed by atoms with Crippen LogP contribution in [0, 0.1) is 0 Å². The van der Waals surface area contributed by atoms with Crippen molar-refractivity contribution in [2.75, 3.05) is 14.2 Å². The quantitative estimate of drug-likeness (QED) is 0.772. The lowest BCUT2D eigenvalue weighted by atomic mass is 10.1. The molecule has 0 atom stereocenters. The normalized spacial score (nSPS) is 9.87. The Kier molecular flexibility index (Phi) is 4.24. The minimum atomic E-state index is -0.396. The molecule has 0 aromatic heterocycles. The van der Waals surface area contributed by atoms with Gasteiger partial charge in [0.15, 0.2) is 0 Å². The van der Waals surface area contributed by atoms with Crippen LogP contribution in [0.2, 0.25) is 10.0 Å². The molecular formula is C10H10Cl2O3. The third-order valence-electron chi connectivity index (χ3n) is 1.92. The van der Waals surface area contributed by atoms with Gasteiger partial charge in [-0.3, -0.25) is 4.79 Å². The summed E-state index contributed by atoms with van der Waals surface area (Å²) in [5.41, 5.74) is 0.518. The van der Waals surface area contributed by atoms with Crippen molar-refractivity contribution in [3.05, 3.63) is 27.7 Å². The van der Waals surface area contributed by atoms with Crippen molar-refractivity contribution in [2.24, 2.45) is 0 Å². The number of rotatable bonds is 3. The average molecular weight is 249 g/mol. The van der Waals surface area contributed by atoms with Crippen LogP contribution < -0.4 is 4.74 Å². The van der Waals surface area contributed by atoms with Crippen LogP contribution in [0.1, 0.15) is 5.56 Å². The molecule has 0 N–H and O–H groups in total. The molecule has 0 saturated heterocycles. The van der Waals surface area contributed by atoms with E-state index < -0.39 is 5.97 Å². The van der Waals surface area contributed by atoms with Gasteiger partial charge in [0, 0.05) is 10.6 Å². The molecule has 1 rings (SSSR count). The molecule has 0 amide bonds. The third-order valence-corrected chi connectivity index (χ3v) is 2.69. The molecule has 0 aliphatic heterocycles. The summed E-state index contributed by atoms with van der Waals surface area (Å²) >= 11 is 11.9. The lowest BCUT2D eigenvalue weighted by Crippen LogP contribution is -2.06. The lowest BCUT2D eigenvalue weighted by molar-refractivity contribution is -0.139. The number of halogens is 2. The lowest BCUT2D eigenvalue weighted by Gasteiger charge is -2.09. The topological polar surface area (TPSA) is 35.5 Å². The minimum Gasteiger partial charge on any atom is -0.495 e. The van der Waals surface area contributed by atoms with Gasteiger partial charge in [0.25, 0.3) is 0 Å². The first-order valence-corrected chi connectivity index (χ1v) is 4.93. The Bertz CT molecular complexity index is 377. The Hall–Kier alpha value is -0.930. The van der Waals surface area contributed by atoms with E-state index in [1.165, 1.54) is 14.2 Å². The molecule has 82 valence electrons. The SMILES string of the molecule is COC(=O)Cc1c(Cl)ccc(OC)c1Cl. The van der Waals surface area contributed by atoms with Gasteiger partial charge in [-0.15, -0.1) is 0 Å². The van der Waals surface area contributed by atoms with Gasteiger partial charge in [0.05, 0.1) is 25.7 Å². The molecule has 0 fully saturated rings. The molecule has 3 nitrogen and oxygen atoms in total. The van der Waals surface area contributed by atoms with Crippen molar-refractivity contribution in [1.82, 2.24) is 0 Å². The number of hydrogen-bond donors (Lipinski definition) is 0. The highest BCUT2D eigenvalue weighted by Crippen LogP contribution is 2.33. The number of hydrogen-bond acceptors (Lipinski definition) is 3. The smallest absolute Gasteiger partial charge is 0.310 e. The maximum atomic E-state index is 11.1. The maximum absolute atomic E-state index is 11.1. The Morgan fingerprint density at radius 2 is 2.00 bits per heavy atom. The Morgan fingerprint density at radius 1 is 1.33 bits per heavy atom. The van der Waals surface area contributed by atoms with E-state index in [2.05, 4.69) is 4.74 Å². The average Bonchev–Trinajstić information content (AvgIpc) is 2.24. The van der Waals surface area contributed by atoms with Crippen LogP contribution in [0.25, 0.3) is 0 Å². The highest BCUT2D eigenvalue weighted by atomic mass is 35.5. The number of benzene rings is 1. The third kappa shape index (κ3) is 2.76. The predicted octanol–water partition coefficient (Wildman–Crippen LogP) is 2.72. The van der Waals surface area contributed by atoms with Gasteiger partial charge in [0.2, 0.25) is 0 Å². The summed E-state index contributed by atoms with van der Waals surface area (Å²) < 4.78 is 9.55. The first kappa shape index (κ1) is 12.1. The number of carbonyl (C=O) groups excluding carboxylic acids is 1. The standard InChI is InChI=1S/C10H10Cl2O3/c1-14-8-4-3-7(11)6(10(8)12)5-9(13)15-2/h3-4H,5H2,1-2H3. The van der Waals surface area contributed by atoms with E-state index in [1.807, 2.05) is 0 Å². The van der Waals surface area contributed by atoms with E-state index in [1.54, 1.807) is 12.1 Å². The monoisotopic (exact) mass is 248 g/mol. The van der Waals surface area contributed by atoms with E-state index in [-0.39, 0.29) is 6.42 Å². The van der Waals surface area contributed by atoms with Crippen LogP contribution in [-0.4, -0.2) is 20.2 Å². The zero-order valence-electron chi connectivity index (χ0n) is 8.34. The molecule has 0 bridgehead atoms. The summed E-state index contributed by atoms with van der Waals surface area (Å²) in [6, 6.07) is 3.27.